The van der Waals surface area contributed by atoms with Crippen LogP contribution in [0.4, 0.5) is 5.82 Å². The Hall–Kier alpha value is -1.67. The van der Waals surface area contributed by atoms with E-state index in [4.69, 9.17) is 0 Å². The fourth-order valence-corrected chi connectivity index (χ4v) is 3.80. The van der Waals surface area contributed by atoms with E-state index in [1.807, 2.05) is 24.4 Å². The Morgan fingerprint density at radius 2 is 1.95 bits per heavy atom. The van der Waals surface area contributed by atoms with Crippen molar-refractivity contribution in [3.63, 3.8) is 0 Å². The first-order valence-electron chi connectivity index (χ1n) is 6.88. The Kier molecular flexibility index (Phi) is 5.13. The molecular weight excluding hydrogens is 294 g/mol. The fraction of sp³-hybridized carbons (Fsp3) is 0.538. The lowest BCUT2D eigenvalue weighted by atomic mass is 10.3. The van der Waals surface area contributed by atoms with Gasteiger partial charge in [-0.25, -0.2) is 13.4 Å². The summed E-state index contributed by atoms with van der Waals surface area (Å²) in [7, 11) is -3.38. The summed E-state index contributed by atoms with van der Waals surface area (Å²) in [4.78, 5) is 15.5. The quantitative estimate of drug-likeness (QED) is 0.636. The SMILES string of the molecule is O=C([O-])CCCS(=O)(=O)N1CCN(c2cccc[nH+]2)CC1. The first kappa shape index (κ1) is 15.7. The molecule has 1 fully saturated rings. The van der Waals surface area contributed by atoms with Crippen LogP contribution in [0, 0.1) is 0 Å². The van der Waals surface area contributed by atoms with Gasteiger partial charge in [0.2, 0.25) is 10.0 Å². The van der Waals surface area contributed by atoms with Gasteiger partial charge in [0.1, 0.15) is 0 Å². The smallest absolute Gasteiger partial charge is 0.274 e. The summed E-state index contributed by atoms with van der Waals surface area (Å²) in [6.45, 7) is 2.05. The molecule has 1 aromatic rings. The number of carbonyl (C=O) groups excluding carboxylic acids is 1. The van der Waals surface area contributed by atoms with Crippen molar-refractivity contribution in [3.05, 3.63) is 24.4 Å². The number of hydrogen-bond acceptors (Lipinski definition) is 5. The summed E-state index contributed by atoms with van der Waals surface area (Å²) in [5, 5.41) is 10.3. The highest BCUT2D eigenvalue weighted by Gasteiger charge is 2.29. The topological polar surface area (TPSA) is 94.9 Å². The molecule has 7 nitrogen and oxygen atoms in total. The van der Waals surface area contributed by atoms with E-state index < -0.39 is 16.0 Å². The van der Waals surface area contributed by atoms with Crippen molar-refractivity contribution in [1.82, 2.24) is 4.31 Å². The number of anilines is 1. The van der Waals surface area contributed by atoms with Crippen molar-refractivity contribution in [2.45, 2.75) is 12.8 Å². The van der Waals surface area contributed by atoms with Gasteiger partial charge in [0.25, 0.3) is 5.82 Å². The minimum Gasteiger partial charge on any atom is -0.550 e. The molecule has 1 aliphatic heterocycles. The predicted molar refractivity (Wildman–Crippen MR) is 74.8 cm³/mol. The van der Waals surface area contributed by atoms with Crippen LogP contribution >= 0.6 is 0 Å². The number of aromatic nitrogens is 1. The second-order valence-corrected chi connectivity index (χ2v) is 7.01. The van der Waals surface area contributed by atoms with E-state index >= 15 is 0 Å². The molecule has 1 saturated heterocycles. The average molecular weight is 313 g/mol. The Morgan fingerprint density at radius 3 is 2.52 bits per heavy atom. The standard InChI is InChI=1S/C13H19N3O4S/c17-13(18)5-3-11-21(19,20)16-9-7-15(8-10-16)12-4-1-2-6-14-12/h1-2,4,6H,3,5,7-11H2,(H,17,18). The van der Waals surface area contributed by atoms with Crippen LogP contribution in [0.3, 0.4) is 0 Å². The number of hydrogen-bond donors (Lipinski definition) is 0. The van der Waals surface area contributed by atoms with Crippen LogP contribution < -0.4 is 15.0 Å². The minimum atomic E-state index is -3.38. The van der Waals surface area contributed by atoms with Gasteiger partial charge in [-0.3, -0.25) is 4.90 Å². The lowest BCUT2D eigenvalue weighted by molar-refractivity contribution is -0.364. The van der Waals surface area contributed by atoms with Gasteiger partial charge >= 0.3 is 0 Å². The highest BCUT2D eigenvalue weighted by atomic mass is 32.2. The third-order valence-electron chi connectivity index (χ3n) is 3.45. The van der Waals surface area contributed by atoms with Crippen LogP contribution in [0.2, 0.25) is 0 Å². The number of nitrogens with zero attached hydrogens (tertiary/aromatic N) is 2. The molecule has 0 saturated carbocycles. The molecule has 0 bridgehead atoms. The molecule has 0 aromatic carbocycles. The number of pyridine rings is 1. The van der Waals surface area contributed by atoms with E-state index in [9.17, 15) is 18.3 Å². The van der Waals surface area contributed by atoms with Crippen LogP contribution in [0.25, 0.3) is 0 Å². The van der Waals surface area contributed by atoms with Gasteiger partial charge in [-0.15, -0.1) is 0 Å². The third-order valence-corrected chi connectivity index (χ3v) is 5.41. The summed E-state index contributed by atoms with van der Waals surface area (Å²) in [6.07, 6.45) is 1.70. The first-order valence-corrected chi connectivity index (χ1v) is 8.49. The maximum absolute atomic E-state index is 12.1. The van der Waals surface area contributed by atoms with Gasteiger partial charge in [0.15, 0.2) is 0 Å². The fourth-order valence-electron chi connectivity index (χ4n) is 2.32. The molecule has 0 amide bonds. The number of nitrogens with one attached hydrogen (secondary N) is 1. The number of carboxylic acids is 1. The van der Waals surface area contributed by atoms with Gasteiger partial charge in [0, 0.05) is 12.0 Å². The maximum atomic E-state index is 12.1. The van der Waals surface area contributed by atoms with Crippen LogP contribution in [0.1, 0.15) is 12.8 Å². The van der Waals surface area contributed by atoms with Gasteiger partial charge in [0.05, 0.1) is 38.1 Å². The summed E-state index contributed by atoms with van der Waals surface area (Å²) in [5.74, 6) is -0.389. The van der Waals surface area contributed by atoms with Crippen LogP contribution in [0.15, 0.2) is 24.4 Å². The van der Waals surface area contributed by atoms with E-state index in [0.29, 0.717) is 26.2 Å². The Bertz CT molecular complexity index is 568. The van der Waals surface area contributed by atoms with E-state index in [1.54, 1.807) is 0 Å². The van der Waals surface area contributed by atoms with Crippen molar-refractivity contribution >= 4 is 21.8 Å². The number of piperazine rings is 1. The first-order chi connectivity index (χ1) is 9.99. The van der Waals surface area contributed by atoms with Crippen LogP contribution in [-0.4, -0.2) is 50.6 Å². The number of sulfonamides is 1. The van der Waals surface area contributed by atoms with Crippen LogP contribution in [0.5, 0.6) is 0 Å². The number of aliphatic carboxylic acids is 1. The number of carboxylic acid groups (broad SMARTS) is 1. The number of H-pyrrole nitrogens is 1. The Balaban J connectivity index is 1.87. The van der Waals surface area contributed by atoms with Gasteiger partial charge in [-0.1, -0.05) is 6.07 Å². The summed E-state index contributed by atoms with van der Waals surface area (Å²) >= 11 is 0. The molecule has 116 valence electrons. The number of rotatable bonds is 6. The number of aromatic amines is 1. The van der Waals surface area contributed by atoms with E-state index in [0.717, 1.165) is 5.82 Å². The van der Waals surface area contributed by atoms with Crippen LogP contribution in [-0.2, 0) is 14.8 Å². The van der Waals surface area contributed by atoms with Gasteiger partial charge in [-0.05, 0) is 18.9 Å². The van der Waals surface area contributed by atoms with Gasteiger partial charge < -0.3 is 9.90 Å². The summed E-state index contributed by atoms with van der Waals surface area (Å²) in [6, 6.07) is 5.76. The van der Waals surface area contributed by atoms with Gasteiger partial charge in [-0.2, -0.15) is 4.31 Å². The molecule has 21 heavy (non-hydrogen) atoms. The Labute approximate surface area is 124 Å². The molecule has 2 rings (SSSR count). The highest BCUT2D eigenvalue weighted by molar-refractivity contribution is 7.89. The van der Waals surface area contributed by atoms with E-state index in [1.165, 1.54) is 4.31 Å². The van der Waals surface area contributed by atoms with Crippen molar-refractivity contribution in [2.24, 2.45) is 0 Å². The average Bonchev–Trinajstić information content (AvgIpc) is 2.48. The minimum absolute atomic E-state index is 0.0946. The zero-order valence-electron chi connectivity index (χ0n) is 11.7. The highest BCUT2D eigenvalue weighted by Crippen LogP contribution is 2.13. The molecule has 1 aliphatic rings. The zero-order chi connectivity index (χ0) is 15.3. The van der Waals surface area contributed by atoms with Crippen molar-refractivity contribution in [1.29, 1.82) is 0 Å². The molecule has 1 N–H and O–H groups in total. The number of carbonyl (C=O) groups is 1. The third kappa shape index (κ3) is 4.40. The molecule has 0 atom stereocenters. The Morgan fingerprint density at radius 1 is 1.24 bits per heavy atom. The maximum Gasteiger partial charge on any atom is 0.274 e. The monoisotopic (exact) mass is 313 g/mol. The van der Waals surface area contributed by atoms with E-state index in [-0.39, 0.29) is 18.6 Å². The lowest BCUT2D eigenvalue weighted by Crippen LogP contribution is -2.50. The second-order valence-electron chi connectivity index (χ2n) is 4.93. The lowest BCUT2D eigenvalue weighted by Gasteiger charge is -2.30. The molecule has 1 aromatic heterocycles. The van der Waals surface area contributed by atoms with Crippen molar-refractivity contribution < 1.29 is 23.3 Å². The zero-order valence-corrected chi connectivity index (χ0v) is 12.5. The molecule has 0 unspecified atom stereocenters. The second kappa shape index (κ2) is 6.86. The molecule has 8 heteroatoms. The molecule has 2 heterocycles. The molecule has 0 radical (unpaired) electrons. The predicted octanol–water partition coefficient (Wildman–Crippen LogP) is -1.52. The molecular formula is C13H19N3O4S. The normalized spacial score (nSPS) is 16.9. The van der Waals surface area contributed by atoms with Crippen molar-refractivity contribution in [2.75, 3.05) is 36.8 Å². The van der Waals surface area contributed by atoms with Crippen molar-refractivity contribution in [3.8, 4) is 0 Å². The summed E-state index contributed by atoms with van der Waals surface area (Å²) < 4.78 is 25.6. The largest absolute Gasteiger partial charge is 0.550 e. The molecule has 0 spiro atoms. The molecule has 0 aliphatic carbocycles. The van der Waals surface area contributed by atoms with E-state index in [2.05, 4.69) is 9.88 Å². The summed E-state index contributed by atoms with van der Waals surface area (Å²) in [5.41, 5.74) is 0.